The molecule has 0 saturated carbocycles. The zero-order valence-corrected chi connectivity index (χ0v) is 5.99. The van der Waals surface area contributed by atoms with E-state index >= 15 is 0 Å². The summed E-state index contributed by atoms with van der Waals surface area (Å²) < 4.78 is 4.42. The Morgan fingerprint density at radius 3 is 1.80 bits per heavy atom. The fraction of sp³-hybridized carbons (Fsp3) is 0.667. The molecule has 2 heteroatoms. The second-order valence-electron chi connectivity index (χ2n) is 0.471. The van der Waals surface area contributed by atoms with Gasteiger partial charge in [0.05, 0.1) is 0 Å². The molecule has 0 aliphatic rings. The summed E-state index contributed by atoms with van der Waals surface area (Å²) in [6.45, 7) is 3.46. The van der Waals surface area contributed by atoms with Crippen molar-refractivity contribution < 1.29 is 34.3 Å². The van der Waals surface area contributed by atoms with E-state index in [2.05, 4.69) is 4.74 Å². The Kier molecular flexibility index (Phi) is 16.6. The third-order valence-electron chi connectivity index (χ3n) is 0.236. The topological polar surface area (TPSA) is 9.23 Å². The second kappa shape index (κ2) is 8.88. The average molecular weight is 82.1 g/mol. The van der Waals surface area contributed by atoms with Gasteiger partial charge in [0.2, 0.25) is 0 Å². The van der Waals surface area contributed by atoms with Crippen LogP contribution in [0.15, 0.2) is 0 Å². The summed E-state index contributed by atoms with van der Waals surface area (Å²) in [5, 5.41) is 0. The van der Waals surface area contributed by atoms with Gasteiger partial charge in [-0.05, 0) is 7.11 Å². The van der Waals surface area contributed by atoms with Crippen molar-refractivity contribution in [2.24, 2.45) is 0 Å². The Labute approximate surface area is 55.0 Å². The molecule has 0 aliphatic carbocycles. The van der Waals surface area contributed by atoms with Crippen LogP contribution < -0.4 is 29.6 Å². The van der Waals surface area contributed by atoms with Crippen LogP contribution in [0.3, 0.4) is 0 Å². The Morgan fingerprint density at radius 1 is 1.60 bits per heavy atom. The minimum atomic E-state index is 0. The Morgan fingerprint density at radius 2 is 1.80 bits per heavy atom. The van der Waals surface area contributed by atoms with Crippen molar-refractivity contribution in [2.45, 2.75) is 6.92 Å². The van der Waals surface area contributed by atoms with E-state index < -0.39 is 0 Å². The van der Waals surface area contributed by atoms with Gasteiger partial charge < -0.3 is 4.74 Å². The van der Waals surface area contributed by atoms with Gasteiger partial charge in [-0.15, -0.1) is 0 Å². The number of methoxy groups -OCH3 is 1. The molecule has 0 aromatic carbocycles. The van der Waals surface area contributed by atoms with Crippen LogP contribution in [0.1, 0.15) is 6.92 Å². The fourth-order valence-corrected chi connectivity index (χ4v) is 0. The number of hydrogen-bond acceptors (Lipinski definition) is 1. The van der Waals surface area contributed by atoms with Crippen LogP contribution in [0, 0.1) is 6.61 Å². The molecular formula is C3H7NaO. The molecule has 0 aliphatic heterocycles. The molecule has 0 fully saturated rings. The summed E-state index contributed by atoms with van der Waals surface area (Å²) in [6, 6.07) is 0. The summed E-state index contributed by atoms with van der Waals surface area (Å²) in [5.74, 6) is 0. The van der Waals surface area contributed by atoms with Gasteiger partial charge in [0.15, 0.2) is 0 Å². The molecule has 0 heterocycles. The van der Waals surface area contributed by atoms with E-state index in [-0.39, 0.29) is 29.6 Å². The van der Waals surface area contributed by atoms with Crippen molar-refractivity contribution in [1.82, 2.24) is 0 Å². The quantitative estimate of drug-likeness (QED) is 0.258. The van der Waals surface area contributed by atoms with Crippen molar-refractivity contribution in [3.63, 3.8) is 0 Å². The van der Waals surface area contributed by atoms with Crippen molar-refractivity contribution in [1.29, 1.82) is 0 Å². The Hall–Kier alpha value is 0.960. The van der Waals surface area contributed by atoms with Crippen LogP contribution in [0.25, 0.3) is 0 Å². The van der Waals surface area contributed by atoms with Gasteiger partial charge in [0, 0.05) is 0 Å². The molecule has 0 bridgehead atoms. The second-order valence-corrected chi connectivity index (χ2v) is 0.471. The summed E-state index contributed by atoms with van der Waals surface area (Å²) in [6.07, 6.45) is 0. The number of ether oxygens (including phenoxy) is 1. The van der Waals surface area contributed by atoms with Crippen molar-refractivity contribution in [2.75, 3.05) is 7.11 Å². The minimum Gasteiger partial charge on any atom is -0.555 e. The first-order chi connectivity index (χ1) is 1.91. The molecular weight excluding hydrogens is 75.0 g/mol. The van der Waals surface area contributed by atoms with Crippen LogP contribution >= 0.6 is 0 Å². The van der Waals surface area contributed by atoms with Gasteiger partial charge in [-0.25, -0.2) is 6.61 Å². The molecule has 0 saturated heterocycles. The van der Waals surface area contributed by atoms with Crippen LogP contribution in [-0.4, -0.2) is 7.11 Å². The van der Waals surface area contributed by atoms with Gasteiger partial charge in [-0.1, -0.05) is 0 Å². The van der Waals surface area contributed by atoms with Crippen molar-refractivity contribution in [3.8, 4) is 0 Å². The van der Waals surface area contributed by atoms with Gasteiger partial charge >= 0.3 is 29.6 Å². The number of hydrogen-bond donors (Lipinski definition) is 0. The van der Waals surface area contributed by atoms with Gasteiger partial charge in [-0.3, -0.25) is 0 Å². The van der Waals surface area contributed by atoms with Crippen LogP contribution in [-0.2, 0) is 4.74 Å². The first kappa shape index (κ1) is 9.35. The molecule has 0 atom stereocenters. The smallest absolute Gasteiger partial charge is 0.555 e. The van der Waals surface area contributed by atoms with Crippen LogP contribution in [0.4, 0.5) is 0 Å². The first-order valence-electron chi connectivity index (χ1n) is 1.22. The summed E-state index contributed by atoms with van der Waals surface area (Å²) in [4.78, 5) is 0. The average Bonchev–Trinajstić information content (AvgIpc) is 1.37. The molecule has 0 rings (SSSR count). The molecule has 0 unspecified atom stereocenters. The summed E-state index contributed by atoms with van der Waals surface area (Å²) >= 11 is 0. The van der Waals surface area contributed by atoms with E-state index in [0.29, 0.717) is 0 Å². The largest absolute Gasteiger partial charge is 1.00 e. The van der Waals surface area contributed by atoms with Gasteiger partial charge in [-0.2, -0.15) is 6.92 Å². The van der Waals surface area contributed by atoms with E-state index in [1.54, 1.807) is 13.7 Å². The third kappa shape index (κ3) is 11.3. The maximum atomic E-state index is 4.42. The third-order valence-corrected chi connectivity index (χ3v) is 0.236. The summed E-state index contributed by atoms with van der Waals surface area (Å²) in [5.41, 5.74) is 0. The molecule has 5 heavy (non-hydrogen) atoms. The molecule has 0 radical (unpaired) electrons. The van der Waals surface area contributed by atoms with E-state index in [4.69, 9.17) is 0 Å². The molecule has 0 aromatic rings. The van der Waals surface area contributed by atoms with Gasteiger partial charge in [0.25, 0.3) is 0 Å². The molecule has 0 aromatic heterocycles. The fourth-order valence-electron chi connectivity index (χ4n) is 0. The molecule has 0 N–H and O–H groups in total. The molecule has 26 valence electrons. The zero-order valence-electron chi connectivity index (χ0n) is 3.99. The molecule has 0 amide bonds. The predicted molar refractivity (Wildman–Crippen MR) is 17.0 cm³/mol. The standard InChI is InChI=1S/C3H7O.Na/c1-3-4-2;/h3H,1-2H3;/q-1;+1. The van der Waals surface area contributed by atoms with Crippen molar-refractivity contribution in [3.05, 3.63) is 6.61 Å². The Bertz CT molecular complexity index is 8.85. The van der Waals surface area contributed by atoms with E-state index in [1.807, 2.05) is 6.92 Å². The van der Waals surface area contributed by atoms with Gasteiger partial charge in [0.1, 0.15) is 0 Å². The zero-order chi connectivity index (χ0) is 3.41. The normalized spacial score (nSPS) is 6.00. The van der Waals surface area contributed by atoms with E-state index in [0.717, 1.165) is 0 Å². The monoisotopic (exact) mass is 82.0 g/mol. The molecule has 0 spiro atoms. The van der Waals surface area contributed by atoms with Crippen molar-refractivity contribution >= 4 is 0 Å². The maximum absolute atomic E-state index is 4.42. The molecule has 1 nitrogen and oxygen atoms in total. The predicted octanol–water partition coefficient (Wildman–Crippen LogP) is -2.18. The Balaban J connectivity index is 0. The SMILES string of the molecule is C[CH-]OC.[Na+]. The maximum Gasteiger partial charge on any atom is 1.00 e. The first-order valence-corrected chi connectivity index (χ1v) is 1.22. The van der Waals surface area contributed by atoms with Crippen LogP contribution in [0.5, 0.6) is 0 Å². The van der Waals surface area contributed by atoms with Crippen LogP contribution in [0.2, 0.25) is 0 Å². The number of rotatable bonds is 1. The van der Waals surface area contributed by atoms with E-state index in [1.165, 1.54) is 0 Å². The van der Waals surface area contributed by atoms with E-state index in [9.17, 15) is 0 Å². The minimum absolute atomic E-state index is 0. The summed E-state index contributed by atoms with van der Waals surface area (Å²) in [7, 11) is 1.62.